The molecule has 1 aliphatic rings. The van der Waals surface area contributed by atoms with E-state index in [-0.39, 0.29) is 16.2 Å². The topological polar surface area (TPSA) is 12.9 Å². The second-order valence-corrected chi connectivity index (χ2v) is 14.2. The van der Waals surface area contributed by atoms with Crippen molar-refractivity contribution in [1.82, 2.24) is 4.98 Å². The third kappa shape index (κ3) is 3.37. The van der Waals surface area contributed by atoms with Crippen LogP contribution in [0, 0.1) is 6.92 Å². The van der Waals surface area contributed by atoms with Gasteiger partial charge in [0.25, 0.3) is 0 Å². The summed E-state index contributed by atoms with van der Waals surface area (Å²) in [5.41, 5.74) is 8.82. The molecule has 0 aliphatic heterocycles. The summed E-state index contributed by atoms with van der Waals surface area (Å²) in [7, 11) is 0. The van der Waals surface area contributed by atoms with Gasteiger partial charge in [-0.05, 0) is 81.2 Å². The smallest absolute Gasteiger partial charge is 0.0886 e. The molecule has 0 amide bonds. The summed E-state index contributed by atoms with van der Waals surface area (Å²) < 4.78 is 2.71. The van der Waals surface area contributed by atoms with Crippen LogP contribution in [0.25, 0.3) is 42.2 Å². The highest BCUT2D eigenvalue weighted by Crippen LogP contribution is 2.52. The van der Waals surface area contributed by atoms with E-state index in [1.54, 1.807) is 11.1 Å². The number of aromatic nitrogens is 1. The van der Waals surface area contributed by atoms with Crippen LogP contribution in [0.2, 0.25) is 0 Å². The van der Waals surface area contributed by atoms with Gasteiger partial charge in [0.05, 0.1) is 10.4 Å². The van der Waals surface area contributed by atoms with E-state index < -0.39 is 0 Å². The average molecular weight is 492 g/mol. The van der Waals surface area contributed by atoms with Gasteiger partial charge in [-0.1, -0.05) is 84.9 Å². The lowest BCUT2D eigenvalue weighted by atomic mass is 9.62. The molecule has 36 heavy (non-hydrogen) atoms. The number of rotatable bonds is 1. The molecular formula is C34H37NS. The Bertz CT molecular complexity index is 1670. The first-order chi connectivity index (χ1) is 16.9. The SMILES string of the molecule is Cc1c2c(cc3sc4c(-c5ccc(C(C)(C)C)c6ccccc56)nccc4c13)C(C)(C)CCC2(C)C. The van der Waals surface area contributed by atoms with Gasteiger partial charge in [-0.2, -0.15) is 0 Å². The Hall–Kier alpha value is -2.71. The number of hydrogen-bond donors (Lipinski definition) is 0. The third-order valence-corrected chi connectivity index (χ3v) is 9.85. The first-order valence-corrected chi connectivity index (χ1v) is 14.1. The lowest BCUT2D eigenvalue weighted by Crippen LogP contribution is -2.34. The summed E-state index contributed by atoms with van der Waals surface area (Å²) in [6.07, 6.45) is 4.49. The van der Waals surface area contributed by atoms with Crippen molar-refractivity contribution in [3.8, 4) is 11.3 Å². The molecule has 1 nitrogen and oxygen atoms in total. The molecule has 0 N–H and O–H groups in total. The van der Waals surface area contributed by atoms with Gasteiger partial charge in [0, 0.05) is 27.2 Å². The van der Waals surface area contributed by atoms with Crippen LogP contribution in [0.4, 0.5) is 0 Å². The number of thiophene rings is 1. The maximum Gasteiger partial charge on any atom is 0.0886 e. The van der Waals surface area contributed by atoms with E-state index in [4.69, 9.17) is 4.98 Å². The second kappa shape index (κ2) is 7.65. The quantitative estimate of drug-likeness (QED) is 0.227. The van der Waals surface area contributed by atoms with E-state index in [9.17, 15) is 0 Å². The molecule has 6 rings (SSSR count). The lowest BCUT2D eigenvalue weighted by molar-refractivity contribution is 0.331. The number of aryl methyl sites for hydroxylation is 1. The van der Waals surface area contributed by atoms with Gasteiger partial charge in [0.2, 0.25) is 0 Å². The van der Waals surface area contributed by atoms with Crippen LogP contribution in [0.5, 0.6) is 0 Å². The fourth-order valence-corrected chi connectivity index (χ4v) is 8.00. The molecule has 0 atom stereocenters. The van der Waals surface area contributed by atoms with E-state index in [0.29, 0.717) is 0 Å². The Morgan fingerprint density at radius 1 is 0.833 bits per heavy atom. The highest BCUT2D eigenvalue weighted by Gasteiger charge is 2.39. The maximum absolute atomic E-state index is 5.01. The number of nitrogens with zero attached hydrogens (tertiary/aromatic N) is 1. The van der Waals surface area contributed by atoms with Crippen molar-refractivity contribution in [3.05, 3.63) is 77.0 Å². The molecule has 0 bridgehead atoms. The van der Waals surface area contributed by atoms with Gasteiger partial charge < -0.3 is 0 Å². The van der Waals surface area contributed by atoms with Gasteiger partial charge in [-0.15, -0.1) is 11.3 Å². The van der Waals surface area contributed by atoms with E-state index in [2.05, 4.69) is 104 Å². The molecule has 0 saturated heterocycles. The standard InChI is InChI=1S/C34H37NS/c1-20-28-24-15-18-35-30(23-13-14-25(32(2,3)4)22-12-10-9-11-21(22)23)31(24)36-27(28)19-26-29(20)34(7,8)17-16-33(26,5)6/h9-15,18-19H,16-17H2,1-8H3. The molecule has 3 aromatic carbocycles. The monoisotopic (exact) mass is 491 g/mol. The Morgan fingerprint density at radius 3 is 2.25 bits per heavy atom. The number of pyridine rings is 1. The van der Waals surface area contributed by atoms with Crippen LogP contribution in [-0.4, -0.2) is 4.98 Å². The average Bonchev–Trinajstić information content (AvgIpc) is 3.20. The summed E-state index contributed by atoms with van der Waals surface area (Å²) >= 11 is 1.93. The molecule has 0 spiro atoms. The minimum Gasteiger partial charge on any atom is -0.255 e. The normalized spacial score (nSPS) is 17.1. The Balaban J connectivity index is 1.69. The zero-order chi connectivity index (χ0) is 25.6. The van der Waals surface area contributed by atoms with E-state index in [1.807, 2.05) is 17.5 Å². The largest absolute Gasteiger partial charge is 0.255 e. The van der Waals surface area contributed by atoms with Crippen LogP contribution >= 0.6 is 11.3 Å². The summed E-state index contributed by atoms with van der Waals surface area (Å²) in [5.74, 6) is 0. The van der Waals surface area contributed by atoms with Crippen LogP contribution in [-0.2, 0) is 16.2 Å². The third-order valence-electron chi connectivity index (χ3n) is 8.70. The first kappa shape index (κ1) is 23.7. The van der Waals surface area contributed by atoms with Crippen LogP contribution in [0.15, 0.2) is 54.7 Å². The highest BCUT2D eigenvalue weighted by atomic mass is 32.1. The van der Waals surface area contributed by atoms with E-state index >= 15 is 0 Å². The molecule has 0 fully saturated rings. The van der Waals surface area contributed by atoms with Crippen molar-refractivity contribution in [1.29, 1.82) is 0 Å². The second-order valence-electron chi connectivity index (χ2n) is 13.2. The number of fused-ring (bicyclic) bond motifs is 5. The molecule has 5 aromatic rings. The molecule has 2 aromatic heterocycles. The fourth-order valence-electron chi connectivity index (χ4n) is 6.70. The maximum atomic E-state index is 5.01. The van der Waals surface area contributed by atoms with E-state index in [0.717, 1.165) is 5.69 Å². The highest BCUT2D eigenvalue weighted by molar-refractivity contribution is 7.26. The van der Waals surface area contributed by atoms with Gasteiger partial charge in [0.15, 0.2) is 0 Å². The zero-order valence-electron chi connectivity index (χ0n) is 23.0. The summed E-state index contributed by atoms with van der Waals surface area (Å²) in [6.45, 7) is 19.0. The predicted molar refractivity (Wildman–Crippen MR) is 159 cm³/mol. The summed E-state index contributed by atoms with van der Waals surface area (Å²) in [5, 5.41) is 5.40. The zero-order valence-corrected chi connectivity index (χ0v) is 23.8. The first-order valence-electron chi connectivity index (χ1n) is 13.3. The molecule has 184 valence electrons. The molecular weight excluding hydrogens is 454 g/mol. The Morgan fingerprint density at radius 2 is 1.53 bits per heavy atom. The minimum absolute atomic E-state index is 0.0883. The van der Waals surface area contributed by atoms with Gasteiger partial charge in [-0.25, -0.2) is 0 Å². The van der Waals surface area contributed by atoms with Crippen LogP contribution in [0.3, 0.4) is 0 Å². The number of benzene rings is 3. The Kier molecular flexibility index (Phi) is 5.03. The van der Waals surface area contributed by atoms with Crippen molar-refractivity contribution >= 4 is 42.3 Å². The van der Waals surface area contributed by atoms with E-state index in [1.165, 1.54) is 60.5 Å². The molecule has 2 heteroatoms. The minimum atomic E-state index is 0.0883. The van der Waals surface area contributed by atoms with Crippen LogP contribution in [0.1, 0.15) is 83.6 Å². The fraction of sp³-hybridized carbons (Fsp3) is 0.382. The molecule has 2 heterocycles. The molecule has 0 unspecified atom stereocenters. The van der Waals surface area contributed by atoms with Gasteiger partial charge in [-0.3, -0.25) is 4.98 Å². The van der Waals surface area contributed by atoms with Crippen molar-refractivity contribution in [2.75, 3.05) is 0 Å². The summed E-state index contributed by atoms with van der Waals surface area (Å²) in [6, 6.07) is 18.2. The Labute approximate surface area is 219 Å². The van der Waals surface area contributed by atoms with Crippen LogP contribution < -0.4 is 0 Å². The molecule has 0 radical (unpaired) electrons. The number of hydrogen-bond acceptors (Lipinski definition) is 2. The van der Waals surface area contributed by atoms with Crippen molar-refractivity contribution < 1.29 is 0 Å². The van der Waals surface area contributed by atoms with Crippen molar-refractivity contribution in [2.45, 2.75) is 84.5 Å². The van der Waals surface area contributed by atoms with Crippen molar-refractivity contribution in [2.24, 2.45) is 0 Å². The predicted octanol–water partition coefficient (Wildman–Crippen LogP) is 10.2. The molecule has 1 aliphatic carbocycles. The summed E-state index contributed by atoms with van der Waals surface area (Å²) in [4.78, 5) is 5.01. The van der Waals surface area contributed by atoms with Gasteiger partial charge in [0.1, 0.15) is 0 Å². The molecule has 0 saturated carbocycles. The van der Waals surface area contributed by atoms with Gasteiger partial charge >= 0.3 is 0 Å². The lowest BCUT2D eigenvalue weighted by Gasteiger charge is -2.43. The van der Waals surface area contributed by atoms with Crippen molar-refractivity contribution in [3.63, 3.8) is 0 Å².